The van der Waals surface area contributed by atoms with E-state index >= 15 is 0 Å². The molecule has 4 heteroatoms. The zero-order valence-electron chi connectivity index (χ0n) is 12.5. The number of nitrogens with zero attached hydrogens (tertiary/aromatic N) is 1. The van der Waals surface area contributed by atoms with Crippen LogP contribution in [0.15, 0.2) is 41.2 Å². The normalized spacial score (nSPS) is 10.7. The number of hydrogen-bond acceptors (Lipinski definition) is 3. The van der Waals surface area contributed by atoms with Crippen LogP contribution in [0.3, 0.4) is 0 Å². The lowest BCUT2D eigenvalue weighted by Crippen LogP contribution is -2.24. The van der Waals surface area contributed by atoms with Gasteiger partial charge in [0.2, 0.25) is 0 Å². The Bertz CT molecular complexity index is 701. The minimum Gasteiger partial charge on any atom is -0.490 e. The second kappa shape index (κ2) is 6.39. The minimum absolute atomic E-state index is 0.0437. The van der Waals surface area contributed by atoms with Crippen molar-refractivity contribution in [1.82, 2.24) is 4.57 Å². The van der Waals surface area contributed by atoms with E-state index in [1.165, 1.54) is 0 Å². The minimum atomic E-state index is -0.274. The summed E-state index contributed by atoms with van der Waals surface area (Å²) in [6.45, 7) is 6.29. The summed E-state index contributed by atoms with van der Waals surface area (Å²) in [5.41, 5.74) is 1.50. The van der Waals surface area contributed by atoms with Gasteiger partial charge in [0.25, 0.3) is 5.56 Å². The first-order chi connectivity index (χ1) is 10.1. The predicted octanol–water partition coefficient (Wildman–Crippen LogP) is 3.13. The quantitative estimate of drug-likeness (QED) is 0.793. The van der Waals surface area contributed by atoms with Crippen LogP contribution >= 0.6 is 0 Å². The molecular weight excluding hydrogens is 266 g/mol. The summed E-state index contributed by atoms with van der Waals surface area (Å²) < 4.78 is 7.40. The van der Waals surface area contributed by atoms with E-state index in [4.69, 9.17) is 4.74 Å². The van der Waals surface area contributed by atoms with Gasteiger partial charge in [0, 0.05) is 12.1 Å². The molecule has 0 atom stereocenters. The first-order valence-corrected chi connectivity index (χ1v) is 7.03. The largest absolute Gasteiger partial charge is 0.490 e. The first kappa shape index (κ1) is 15.0. The van der Waals surface area contributed by atoms with Crippen LogP contribution < -0.4 is 10.3 Å². The average molecular weight is 285 g/mol. The van der Waals surface area contributed by atoms with E-state index in [0.717, 1.165) is 17.0 Å². The van der Waals surface area contributed by atoms with Gasteiger partial charge in [-0.05, 0) is 45.0 Å². The standard InChI is InChI=1S/C17H19NO3/c1-4-18-15(10-9-13(11-19)17(18)20)14-7-5-6-8-16(14)21-12(2)3/h5-12H,4H2,1-3H3. The lowest BCUT2D eigenvalue weighted by atomic mass is 10.1. The maximum Gasteiger partial charge on any atom is 0.261 e. The highest BCUT2D eigenvalue weighted by Gasteiger charge is 2.13. The summed E-state index contributed by atoms with van der Waals surface area (Å²) in [6.07, 6.45) is 0.636. The Morgan fingerprint density at radius 3 is 2.52 bits per heavy atom. The molecule has 0 radical (unpaired) electrons. The van der Waals surface area contributed by atoms with E-state index in [1.54, 1.807) is 16.7 Å². The molecule has 0 saturated carbocycles. The van der Waals surface area contributed by atoms with Gasteiger partial charge in [-0.2, -0.15) is 0 Å². The molecule has 1 aromatic heterocycles. The molecule has 0 N–H and O–H groups in total. The van der Waals surface area contributed by atoms with Gasteiger partial charge < -0.3 is 9.30 Å². The maximum absolute atomic E-state index is 12.2. The third kappa shape index (κ3) is 3.05. The Morgan fingerprint density at radius 1 is 1.19 bits per heavy atom. The van der Waals surface area contributed by atoms with Gasteiger partial charge in [0.05, 0.1) is 17.4 Å². The van der Waals surface area contributed by atoms with Crippen molar-refractivity contribution in [2.75, 3.05) is 0 Å². The van der Waals surface area contributed by atoms with E-state index in [-0.39, 0.29) is 17.2 Å². The number of hydrogen-bond donors (Lipinski definition) is 0. The lowest BCUT2D eigenvalue weighted by molar-refractivity contribution is 0.112. The van der Waals surface area contributed by atoms with Crippen LogP contribution in [-0.2, 0) is 6.54 Å². The van der Waals surface area contributed by atoms with Gasteiger partial charge in [-0.15, -0.1) is 0 Å². The van der Waals surface area contributed by atoms with Crippen molar-refractivity contribution in [3.05, 3.63) is 52.3 Å². The van der Waals surface area contributed by atoms with Crippen molar-refractivity contribution in [3.63, 3.8) is 0 Å². The Balaban J connectivity index is 2.65. The molecular formula is C17H19NO3. The van der Waals surface area contributed by atoms with Gasteiger partial charge in [-0.25, -0.2) is 0 Å². The first-order valence-electron chi connectivity index (χ1n) is 7.03. The summed E-state index contributed by atoms with van der Waals surface area (Å²) in [7, 11) is 0. The molecule has 1 heterocycles. The number of pyridine rings is 1. The highest BCUT2D eigenvalue weighted by atomic mass is 16.5. The fraction of sp³-hybridized carbons (Fsp3) is 0.294. The second-order valence-corrected chi connectivity index (χ2v) is 5.00. The number of ether oxygens (including phenoxy) is 1. The molecule has 0 aliphatic heterocycles. The monoisotopic (exact) mass is 285 g/mol. The smallest absolute Gasteiger partial charge is 0.261 e. The van der Waals surface area contributed by atoms with Crippen LogP contribution in [0, 0.1) is 0 Å². The number of para-hydroxylation sites is 1. The van der Waals surface area contributed by atoms with E-state index in [0.29, 0.717) is 12.8 Å². The van der Waals surface area contributed by atoms with Crippen molar-refractivity contribution in [1.29, 1.82) is 0 Å². The second-order valence-electron chi connectivity index (χ2n) is 5.00. The van der Waals surface area contributed by atoms with Gasteiger partial charge in [0.15, 0.2) is 6.29 Å². The third-order valence-corrected chi connectivity index (χ3v) is 3.17. The van der Waals surface area contributed by atoms with Crippen LogP contribution in [-0.4, -0.2) is 17.0 Å². The van der Waals surface area contributed by atoms with Crippen molar-refractivity contribution >= 4 is 6.29 Å². The molecule has 0 saturated heterocycles. The number of rotatable bonds is 5. The maximum atomic E-state index is 12.2. The lowest BCUT2D eigenvalue weighted by Gasteiger charge is -2.17. The van der Waals surface area contributed by atoms with E-state index in [1.807, 2.05) is 45.0 Å². The number of aldehydes is 1. The fourth-order valence-electron chi connectivity index (χ4n) is 2.27. The number of carbonyl (C=O) groups excluding carboxylic acids is 1. The molecule has 110 valence electrons. The molecule has 0 fully saturated rings. The Labute approximate surface area is 124 Å². The van der Waals surface area contributed by atoms with Crippen LogP contribution in [0.4, 0.5) is 0 Å². The zero-order chi connectivity index (χ0) is 15.4. The van der Waals surface area contributed by atoms with Crippen LogP contribution in [0.5, 0.6) is 5.75 Å². The number of aromatic nitrogens is 1. The highest BCUT2D eigenvalue weighted by molar-refractivity contribution is 5.76. The molecule has 2 rings (SSSR count). The summed E-state index contributed by atoms with van der Waals surface area (Å²) >= 11 is 0. The molecule has 21 heavy (non-hydrogen) atoms. The van der Waals surface area contributed by atoms with Crippen LogP contribution in [0.1, 0.15) is 31.1 Å². The molecule has 0 amide bonds. The van der Waals surface area contributed by atoms with E-state index in [9.17, 15) is 9.59 Å². The van der Waals surface area contributed by atoms with Gasteiger partial charge in [-0.3, -0.25) is 9.59 Å². The van der Waals surface area contributed by atoms with E-state index in [2.05, 4.69) is 0 Å². The highest BCUT2D eigenvalue weighted by Crippen LogP contribution is 2.29. The van der Waals surface area contributed by atoms with Crippen molar-refractivity contribution in [3.8, 4) is 17.0 Å². The van der Waals surface area contributed by atoms with Gasteiger partial charge in [0.1, 0.15) is 5.75 Å². The van der Waals surface area contributed by atoms with Crippen LogP contribution in [0.25, 0.3) is 11.3 Å². The fourth-order valence-corrected chi connectivity index (χ4v) is 2.27. The molecule has 4 nitrogen and oxygen atoms in total. The molecule has 0 aliphatic rings. The van der Waals surface area contributed by atoms with Crippen molar-refractivity contribution < 1.29 is 9.53 Å². The topological polar surface area (TPSA) is 48.3 Å². The summed E-state index contributed by atoms with van der Waals surface area (Å²) in [4.78, 5) is 23.2. The Hall–Kier alpha value is -2.36. The molecule has 0 bridgehead atoms. The summed E-state index contributed by atoms with van der Waals surface area (Å²) in [6, 6.07) is 10.9. The third-order valence-electron chi connectivity index (χ3n) is 3.17. The zero-order valence-corrected chi connectivity index (χ0v) is 12.5. The van der Waals surface area contributed by atoms with Crippen molar-refractivity contribution in [2.45, 2.75) is 33.4 Å². The number of carbonyl (C=O) groups is 1. The molecule has 0 unspecified atom stereocenters. The van der Waals surface area contributed by atoms with E-state index < -0.39 is 0 Å². The molecule has 0 spiro atoms. The molecule has 1 aromatic carbocycles. The predicted molar refractivity (Wildman–Crippen MR) is 83.0 cm³/mol. The average Bonchev–Trinajstić information content (AvgIpc) is 2.47. The van der Waals surface area contributed by atoms with Crippen LogP contribution in [0.2, 0.25) is 0 Å². The Morgan fingerprint density at radius 2 is 1.90 bits per heavy atom. The number of benzene rings is 1. The summed E-state index contributed by atoms with van der Waals surface area (Å²) in [5, 5.41) is 0. The Kier molecular flexibility index (Phi) is 4.58. The molecule has 0 aliphatic carbocycles. The summed E-state index contributed by atoms with van der Waals surface area (Å²) in [5.74, 6) is 0.730. The van der Waals surface area contributed by atoms with Crippen molar-refractivity contribution in [2.24, 2.45) is 0 Å². The van der Waals surface area contributed by atoms with Gasteiger partial charge in [-0.1, -0.05) is 12.1 Å². The molecule has 2 aromatic rings. The SMILES string of the molecule is CCn1c(-c2ccccc2OC(C)C)ccc(C=O)c1=O. The van der Waals surface area contributed by atoms with Gasteiger partial charge >= 0.3 is 0 Å².